The Hall–Kier alpha value is -3.06. The van der Waals surface area contributed by atoms with Crippen molar-refractivity contribution in [2.75, 3.05) is 56.7 Å². The number of ether oxygens (including phenoxy) is 2. The molecule has 166 valence electrons. The summed E-state index contributed by atoms with van der Waals surface area (Å²) in [7, 11) is 1.35. The number of nitrogens with zero attached hydrogens (tertiary/aromatic N) is 1. The molecule has 0 aliphatic carbocycles. The largest absolute Gasteiger partial charge is 0.494 e. The quantitative estimate of drug-likeness (QED) is 0.634. The molecule has 0 radical (unpaired) electrons. The minimum Gasteiger partial charge on any atom is -0.494 e. The summed E-state index contributed by atoms with van der Waals surface area (Å²) in [5.74, 6) is 0.0749. The lowest BCUT2D eigenvalue weighted by atomic mass is 10.1. The molecule has 0 bridgehead atoms. The summed E-state index contributed by atoms with van der Waals surface area (Å²) in [6, 6.07) is 12.4. The van der Waals surface area contributed by atoms with Gasteiger partial charge in [0.05, 0.1) is 63.4 Å². The Labute approximate surface area is 183 Å². The number of piperazine rings is 1. The predicted octanol–water partition coefficient (Wildman–Crippen LogP) is 2.24. The van der Waals surface area contributed by atoms with Gasteiger partial charge in [-0.15, -0.1) is 0 Å². The Morgan fingerprint density at radius 2 is 1.71 bits per heavy atom. The van der Waals surface area contributed by atoms with Crippen LogP contribution in [0.25, 0.3) is 0 Å². The van der Waals surface area contributed by atoms with Gasteiger partial charge in [0.15, 0.2) is 0 Å². The van der Waals surface area contributed by atoms with Gasteiger partial charge < -0.3 is 24.6 Å². The molecule has 1 aliphatic rings. The van der Waals surface area contributed by atoms with E-state index in [1.807, 2.05) is 13.0 Å². The smallest absolute Gasteiger partial charge is 0.337 e. The highest BCUT2D eigenvalue weighted by Gasteiger charge is 2.22. The van der Waals surface area contributed by atoms with Crippen LogP contribution in [0.5, 0.6) is 5.75 Å². The zero-order valence-corrected chi connectivity index (χ0v) is 18.6. The number of anilines is 2. The highest BCUT2D eigenvalue weighted by Crippen LogP contribution is 2.28. The Kier molecular flexibility index (Phi) is 7.89. The molecule has 0 saturated carbocycles. The van der Waals surface area contributed by atoms with Crippen molar-refractivity contribution in [3.63, 3.8) is 0 Å². The summed E-state index contributed by atoms with van der Waals surface area (Å²) in [6.45, 7) is 9.87. The lowest BCUT2D eigenvalue weighted by molar-refractivity contribution is -0.898. The Balaban J connectivity index is 1.81. The normalized spacial score (nSPS) is 14.2. The number of likely N-dealkylation sites (N-methyl/N-ethyl adjacent to an activating group) is 1. The van der Waals surface area contributed by atoms with Crippen LogP contribution >= 0.6 is 0 Å². The summed E-state index contributed by atoms with van der Waals surface area (Å²) in [4.78, 5) is 28.8. The van der Waals surface area contributed by atoms with Gasteiger partial charge in [0.2, 0.25) is 0 Å². The molecule has 7 heteroatoms. The summed E-state index contributed by atoms with van der Waals surface area (Å²) in [6.07, 6.45) is 0.926. The molecule has 1 fully saturated rings. The molecule has 1 heterocycles. The zero-order valence-electron chi connectivity index (χ0n) is 18.6. The van der Waals surface area contributed by atoms with Crippen molar-refractivity contribution in [3.05, 3.63) is 53.6 Å². The van der Waals surface area contributed by atoms with Gasteiger partial charge in [-0.25, -0.2) is 4.79 Å². The highest BCUT2D eigenvalue weighted by atomic mass is 16.5. The van der Waals surface area contributed by atoms with E-state index >= 15 is 0 Å². The van der Waals surface area contributed by atoms with Crippen molar-refractivity contribution in [3.8, 4) is 5.75 Å². The monoisotopic (exact) mass is 426 g/mol. The van der Waals surface area contributed by atoms with E-state index < -0.39 is 5.97 Å². The molecular weight excluding hydrogens is 394 g/mol. The predicted molar refractivity (Wildman–Crippen MR) is 121 cm³/mol. The van der Waals surface area contributed by atoms with Crippen LogP contribution in [0.3, 0.4) is 0 Å². The Morgan fingerprint density at radius 1 is 1.03 bits per heavy atom. The number of hydrogen-bond donors (Lipinski definition) is 2. The fraction of sp³-hybridized carbons (Fsp3) is 0.417. The van der Waals surface area contributed by atoms with E-state index in [-0.39, 0.29) is 5.91 Å². The van der Waals surface area contributed by atoms with Gasteiger partial charge in [-0.05, 0) is 55.8 Å². The van der Waals surface area contributed by atoms with E-state index in [1.54, 1.807) is 41.3 Å². The van der Waals surface area contributed by atoms with Crippen molar-refractivity contribution in [1.29, 1.82) is 0 Å². The topological polar surface area (TPSA) is 72.3 Å². The maximum Gasteiger partial charge on any atom is 0.337 e. The van der Waals surface area contributed by atoms with Gasteiger partial charge in [-0.1, -0.05) is 6.92 Å². The summed E-state index contributed by atoms with van der Waals surface area (Å²) >= 11 is 0. The van der Waals surface area contributed by atoms with Gasteiger partial charge >= 0.3 is 5.97 Å². The molecule has 0 spiro atoms. The molecule has 2 aromatic rings. The van der Waals surface area contributed by atoms with E-state index in [1.165, 1.54) is 7.11 Å². The van der Waals surface area contributed by atoms with Crippen LogP contribution in [0.1, 0.15) is 41.0 Å². The third-order valence-corrected chi connectivity index (χ3v) is 5.57. The van der Waals surface area contributed by atoms with E-state index in [2.05, 4.69) is 17.1 Å². The van der Waals surface area contributed by atoms with Gasteiger partial charge in [0, 0.05) is 5.56 Å². The number of carbonyl (C=O) groups is 2. The second-order valence-electron chi connectivity index (χ2n) is 7.64. The average molecular weight is 427 g/mol. The summed E-state index contributed by atoms with van der Waals surface area (Å²) < 4.78 is 10.4. The van der Waals surface area contributed by atoms with Gasteiger partial charge in [0.25, 0.3) is 5.91 Å². The van der Waals surface area contributed by atoms with E-state index in [4.69, 9.17) is 9.47 Å². The SMILES string of the molecule is CCCOc1ccc(C(=O)Nc2cc(C(=O)OC)ccc2N2CC[NH+](CC)CC2)cc1. The van der Waals surface area contributed by atoms with Crippen LogP contribution in [0.4, 0.5) is 11.4 Å². The molecule has 31 heavy (non-hydrogen) atoms. The Morgan fingerprint density at radius 3 is 2.32 bits per heavy atom. The molecule has 0 atom stereocenters. The minimum absolute atomic E-state index is 0.233. The molecule has 0 aromatic heterocycles. The number of benzene rings is 2. The molecule has 3 rings (SSSR count). The fourth-order valence-electron chi connectivity index (χ4n) is 3.69. The number of quaternary nitrogens is 1. The van der Waals surface area contributed by atoms with Crippen LogP contribution in [0, 0.1) is 0 Å². The standard InChI is InChI=1S/C24H31N3O4/c1-4-16-31-20-9-6-18(7-10-20)23(28)25-21-17-19(24(29)30-3)8-11-22(21)27-14-12-26(5-2)13-15-27/h6-11,17H,4-5,12-16H2,1-3H3,(H,25,28)/p+1. The van der Waals surface area contributed by atoms with Crippen LogP contribution in [0.2, 0.25) is 0 Å². The molecule has 1 saturated heterocycles. The first-order chi connectivity index (χ1) is 15.0. The Bertz CT molecular complexity index is 890. The highest BCUT2D eigenvalue weighted by molar-refractivity contribution is 6.07. The number of esters is 1. The molecule has 1 aliphatic heterocycles. The van der Waals surface area contributed by atoms with Crippen LogP contribution in [0.15, 0.2) is 42.5 Å². The number of carbonyl (C=O) groups excluding carboxylic acids is 2. The van der Waals surface area contributed by atoms with Crippen molar-refractivity contribution in [1.82, 2.24) is 0 Å². The molecule has 7 nitrogen and oxygen atoms in total. The number of nitrogens with one attached hydrogen (secondary N) is 2. The van der Waals surface area contributed by atoms with E-state index in [9.17, 15) is 9.59 Å². The number of methoxy groups -OCH3 is 1. The van der Waals surface area contributed by atoms with Crippen LogP contribution < -0.4 is 19.9 Å². The molecule has 1 amide bonds. The van der Waals surface area contributed by atoms with Crippen molar-refractivity contribution in [2.24, 2.45) is 0 Å². The summed E-state index contributed by atoms with van der Waals surface area (Å²) in [5, 5.41) is 3.00. The first-order valence-electron chi connectivity index (χ1n) is 10.9. The van der Waals surface area contributed by atoms with Crippen LogP contribution in [-0.4, -0.2) is 58.3 Å². The summed E-state index contributed by atoms with van der Waals surface area (Å²) in [5.41, 5.74) is 2.46. The third-order valence-electron chi connectivity index (χ3n) is 5.57. The lowest BCUT2D eigenvalue weighted by Gasteiger charge is -2.34. The van der Waals surface area contributed by atoms with Gasteiger partial charge in [0.1, 0.15) is 5.75 Å². The van der Waals surface area contributed by atoms with Crippen LogP contribution in [-0.2, 0) is 4.74 Å². The zero-order chi connectivity index (χ0) is 22.2. The molecule has 2 N–H and O–H groups in total. The maximum atomic E-state index is 12.9. The minimum atomic E-state index is -0.431. The van der Waals surface area contributed by atoms with Crippen molar-refractivity contribution in [2.45, 2.75) is 20.3 Å². The maximum absolute atomic E-state index is 12.9. The third kappa shape index (κ3) is 5.76. The molecule has 0 unspecified atom stereocenters. The van der Waals surface area contributed by atoms with E-state index in [0.717, 1.165) is 50.6 Å². The first kappa shape index (κ1) is 22.6. The first-order valence-corrected chi connectivity index (χ1v) is 10.9. The van der Waals surface area contributed by atoms with Gasteiger partial charge in [-0.2, -0.15) is 0 Å². The second kappa shape index (κ2) is 10.8. The van der Waals surface area contributed by atoms with Crippen molar-refractivity contribution >= 4 is 23.3 Å². The average Bonchev–Trinajstić information content (AvgIpc) is 2.82. The molecular formula is C24H32N3O4+. The lowest BCUT2D eigenvalue weighted by Crippen LogP contribution is -3.14. The van der Waals surface area contributed by atoms with E-state index in [0.29, 0.717) is 23.4 Å². The fourth-order valence-corrected chi connectivity index (χ4v) is 3.69. The number of amides is 1. The molecule has 2 aromatic carbocycles. The second-order valence-corrected chi connectivity index (χ2v) is 7.64. The van der Waals surface area contributed by atoms with Gasteiger partial charge in [-0.3, -0.25) is 4.79 Å². The number of rotatable bonds is 8. The number of hydrogen-bond acceptors (Lipinski definition) is 5. The van der Waals surface area contributed by atoms with Crippen molar-refractivity contribution < 1.29 is 24.0 Å².